The van der Waals surface area contributed by atoms with Gasteiger partial charge in [0.15, 0.2) is 11.6 Å². The van der Waals surface area contributed by atoms with Crippen molar-refractivity contribution in [3.05, 3.63) is 24.3 Å². The van der Waals surface area contributed by atoms with Gasteiger partial charge in [-0.3, -0.25) is 0 Å². The smallest absolute Gasteiger partial charge is 0.169 e. The SMILES string of the molecule is Cl.Nc1nc2ccccc2nc1NCC1CCNC1. The predicted octanol–water partition coefficient (Wildman–Crippen LogP) is 1.66. The molecule has 2 heterocycles. The second-order valence-corrected chi connectivity index (χ2v) is 4.69. The summed E-state index contributed by atoms with van der Waals surface area (Å²) in [6.45, 7) is 3.06. The van der Waals surface area contributed by atoms with Crippen molar-refractivity contribution >= 4 is 35.1 Å². The van der Waals surface area contributed by atoms with Gasteiger partial charge in [0.1, 0.15) is 0 Å². The van der Waals surface area contributed by atoms with Gasteiger partial charge in [-0.25, -0.2) is 9.97 Å². The number of hydrogen-bond acceptors (Lipinski definition) is 5. The molecule has 3 rings (SSSR count). The molecule has 19 heavy (non-hydrogen) atoms. The highest BCUT2D eigenvalue weighted by Gasteiger charge is 2.15. The van der Waals surface area contributed by atoms with Gasteiger partial charge in [-0.1, -0.05) is 12.1 Å². The number of aromatic nitrogens is 2. The third kappa shape index (κ3) is 3.05. The maximum absolute atomic E-state index is 5.92. The third-order valence-corrected chi connectivity index (χ3v) is 3.32. The second-order valence-electron chi connectivity index (χ2n) is 4.69. The minimum Gasteiger partial charge on any atom is -0.381 e. The average molecular weight is 280 g/mol. The van der Waals surface area contributed by atoms with Gasteiger partial charge < -0.3 is 16.4 Å². The number of hydrogen-bond donors (Lipinski definition) is 3. The first-order valence-corrected chi connectivity index (χ1v) is 6.30. The quantitative estimate of drug-likeness (QED) is 0.797. The van der Waals surface area contributed by atoms with Crippen molar-refractivity contribution in [2.24, 2.45) is 5.92 Å². The Morgan fingerprint density at radius 1 is 1.26 bits per heavy atom. The van der Waals surface area contributed by atoms with Crippen LogP contribution in [0.4, 0.5) is 11.6 Å². The van der Waals surface area contributed by atoms with Crippen molar-refractivity contribution in [3.8, 4) is 0 Å². The van der Waals surface area contributed by atoms with Crippen molar-refractivity contribution in [2.75, 3.05) is 30.7 Å². The number of para-hydroxylation sites is 2. The summed E-state index contributed by atoms with van der Waals surface area (Å²) < 4.78 is 0. The minimum atomic E-state index is 0. The molecule has 102 valence electrons. The Bertz CT molecular complexity index is 554. The Labute approximate surface area is 118 Å². The Hall–Kier alpha value is -1.59. The summed E-state index contributed by atoms with van der Waals surface area (Å²) in [7, 11) is 0. The van der Waals surface area contributed by atoms with Gasteiger partial charge in [-0.2, -0.15) is 0 Å². The fourth-order valence-electron chi connectivity index (χ4n) is 2.27. The fraction of sp³-hybridized carbons (Fsp3) is 0.385. The van der Waals surface area contributed by atoms with Crippen molar-refractivity contribution in [1.29, 1.82) is 0 Å². The Balaban J connectivity index is 0.00000133. The maximum Gasteiger partial charge on any atom is 0.169 e. The number of nitrogens with two attached hydrogens (primary N) is 1. The van der Waals surface area contributed by atoms with Crippen molar-refractivity contribution in [2.45, 2.75) is 6.42 Å². The normalized spacial score (nSPS) is 18.2. The molecule has 1 aliphatic heterocycles. The molecule has 1 aromatic heterocycles. The number of benzene rings is 1. The minimum absolute atomic E-state index is 0. The van der Waals surface area contributed by atoms with Gasteiger partial charge in [0.2, 0.25) is 0 Å². The van der Waals surface area contributed by atoms with Gasteiger partial charge in [0.25, 0.3) is 0 Å². The van der Waals surface area contributed by atoms with Crippen LogP contribution in [-0.2, 0) is 0 Å². The van der Waals surface area contributed by atoms with E-state index in [9.17, 15) is 0 Å². The van der Waals surface area contributed by atoms with E-state index in [1.165, 1.54) is 6.42 Å². The lowest BCUT2D eigenvalue weighted by Gasteiger charge is -2.12. The van der Waals surface area contributed by atoms with Crippen molar-refractivity contribution in [3.63, 3.8) is 0 Å². The molecule has 4 N–H and O–H groups in total. The first-order valence-electron chi connectivity index (χ1n) is 6.30. The van der Waals surface area contributed by atoms with Gasteiger partial charge in [0.05, 0.1) is 11.0 Å². The Morgan fingerprint density at radius 2 is 2.00 bits per heavy atom. The van der Waals surface area contributed by atoms with Crippen molar-refractivity contribution < 1.29 is 0 Å². The molecule has 6 heteroatoms. The number of fused-ring (bicyclic) bond motifs is 1. The summed E-state index contributed by atoms with van der Waals surface area (Å²) in [5.41, 5.74) is 7.63. The number of anilines is 2. The van der Waals surface area contributed by atoms with Gasteiger partial charge >= 0.3 is 0 Å². The highest BCUT2D eigenvalue weighted by atomic mass is 35.5. The predicted molar refractivity (Wildman–Crippen MR) is 80.7 cm³/mol. The van der Waals surface area contributed by atoms with E-state index in [1.807, 2.05) is 24.3 Å². The maximum atomic E-state index is 5.92. The fourth-order valence-corrected chi connectivity index (χ4v) is 2.27. The summed E-state index contributed by atoms with van der Waals surface area (Å²) in [6.07, 6.45) is 1.20. The van der Waals surface area contributed by atoms with E-state index in [0.717, 1.165) is 30.7 Å². The molecule has 0 radical (unpaired) electrons. The largest absolute Gasteiger partial charge is 0.381 e. The highest BCUT2D eigenvalue weighted by molar-refractivity contribution is 5.85. The molecular weight excluding hydrogens is 262 g/mol. The lowest BCUT2D eigenvalue weighted by Crippen LogP contribution is -2.18. The third-order valence-electron chi connectivity index (χ3n) is 3.32. The molecule has 5 nitrogen and oxygen atoms in total. The number of rotatable bonds is 3. The lowest BCUT2D eigenvalue weighted by molar-refractivity contribution is 0.614. The molecule has 1 aromatic carbocycles. The van der Waals surface area contributed by atoms with Crippen molar-refractivity contribution in [1.82, 2.24) is 15.3 Å². The first-order chi connectivity index (χ1) is 8.83. The monoisotopic (exact) mass is 279 g/mol. The van der Waals surface area contributed by atoms with Crippen LogP contribution in [0, 0.1) is 5.92 Å². The van der Waals surface area contributed by atoms with Crippen LogP contribution in [0.5, 0.6) is 0 Å². The topological polar surface area (TPSA) is 75.9 Å². The molecule has 0 bridgehead atoms. The Kier molecular flexibility index (Phi) is 4.39. The zero-order chi connectivity index (χ0) is 12.4. The lowest BCUT2D eigenvalue weighted by atomic mass is 10.1. The zero-order valence-electron chi connectivity index (χ0n) is 10.6. The summed E-state index contributed by atoms with van der Waals surface area (Å²) in [5, 5.41) is 6.65. The summed E-state index contributed by atoms with van der Waals surface area (Å²) in [6, 6.07) is 7.76. The second kappa shape index (κ2) is 6.04. The highest BCUT2D eigenvalue weighted by Crippen LogP contribution is 2.19. The summed E-state index contributed by atoms with van der Waals surface area (Å²) in [5.74, 6) is 1.82. The molecule has 1 aliphatic rings. The Morgan fingerprint density at radius 3 is 2.68 bits per heavy atom. The number of nitrogens with one attached hydrogen (secondary N) is 2. The van der Waals surface area contributed by atoms with E-state index < -0.39 is 0 Å². The molecular formula is C13H18ClN5. The number of nitrogens with zero attached hydrogens (tertiary/aromatic N) is 2. The van der Waals surface area contributed by atoms with Crippen LogP contribution in [-0.4, -0.2) is 29.6 Å². The molecule has 1 unspecified atom stereocenters. The molecule has 1 atom stereocenters. The molecule has 0 saturated carbocycles. The number of nitrogen functional groups attached to an aromatic ring is 1. The van der Waals surface area contributed by atoms with E-state index >= 15 is 0 Å². The van der Waals surface area contributed by atoms with Crippen LogP contribution in [0.2, 0.25) is 0 Å². The molecule has 2 aromatic rings. The average Bonchev–Trinajstić information content (AvgIpc) is 2.89. The van der Waals surface area contributed by atoms with E-state index in [0.29, 0.717) is 17.6 Å². The molecule has 0 amide bonds. The van der Waals surface area contributed by atoms with Crippen LogP contribution in [0.3, 0.4) is 0 Å². The molecule has 0 spiro atoms. The van der Waals surface area contributed by atoms with Crippen LogP contribution >= 0.6 is 12.4 Å². The van der Waals surface area contributed by atoms with Crippen LogP contribution < -0.4 is 16.4 Å². The number of halogens is 1. The standard InChI is InChI=1S/C13H17N5.ClH/c14-12-13(16-8-9-5-6-15-7-9)18-11-4-2-1-3-10(11)17-12;/h1-4,9,15H,5-8H2,(H2,14,17)(H,16,18);1H. The molecule has 1 fully saturated rings. The van der Waals surface area contributed by atoms with Crippen LogP contribution in [0.15, 0.2) is 24.3 Å². The summed E-state index contributed by atoms with van der Waals surface area (Å²) >= 11 is 0. The van der Waals surface area contributed by atoms with Gasteiger partial charge in [-0.15, -0.1) is 12.4 Å². The molecule has 1 saturated heterocycles. The molecule has 0 aliphatic carbocycles. The van der Waals surface area contributed by atoms with Crippen LogP contribution in [0.25, 0.3) is 11.0 Å². The van der Waals surface area contributed by atoms with E-state index in [-0.39, 0.29) is 12.4 Å². The van der Waals surface area contributed by atoms with E-state index in [2.05, 4.69) is 20.6 Å². The summed E-state index contributed by atoms with van der Waals surface area (Å²) in [4.78, 5) is 8.87. The van der Waals surface area contributed by atoms with Gasteiger partial charge in [-0.05, 0) is 37.6 Å². The van der Waals surface area contributed by atoms with E-state index in [1.54, 1.807) is 0 Å². The van der Waals surface area contributed by atoms with Crippen LogP contribution in [0.1, 0.15) is 6.42 Å². The zero-order valence-corrected chi connectivity index (χ0v) is 11.4. The van der Waals surface area contributed by atoms with Gasteiger partial charge in [0, 0.05) is 6.54 Å². The van der Waals surface area contributed by atoms with E-state index in [4.69, 9.17) is 5.73 Å². The first kappa shape index (κ1) is 13.8.